The summed E-state index contributed by atoms with van der Waals surface area (Å²) in [5, 5.41) is 11.8. The Labute approximate surface area is 75.1 Å². The molecule has 1 aromatic rings. The Balaban J connectivity index is 2.31. The molecule has 0 bridgehead atoms. The molecular weight excluding hydrogens is 173 g/mol. The normalized spacial score (nSPS) is 20.0. The van der Waals surface area contributed by atoms with Crippen LogP contribution in [-0.2, 0) is 0 Å². The predicted molar refractivity (Wildman–Crippen MR) is 46.4 cm³/mol. The molecule has 2 rings (SSSR count). The minimum absolute atomic E-state index is 0.0179. The van der Waals surface area contributed by atoms with Gasteiger partial charge >= 0.3 is 0 Å². The summed E-state index contributed by atoms with van der Waals surface area (Å²) in [4.78, 5) is 0. The first-order chi connectivity index (χ1) is 6.31. The van der Waals surface area contributed by atoms with Crippen molar-refractivity contribution in [3.05, 3.63) is 24.0 Å². The van der Waals surface area contributed by atoms with Gasteiger partial charge in [0, 0.05) is 0 Å². The van der Waals surface area contributed by atoms with Gasteiger partial charge in [-0.05, 0) is 12.1 Å². The number of ether oxygens (including phenoxy) is 1. The van der Waals surface area contributed by atoms with E-state index in [0.29, 0.717) is 12.3 Å². The van der Waals surface area contributed by atoms with Crippen molar-refractivity contribution in [3.8, 4) is 5.75 Å². The zero-order valence-corrected chi connectivity index (χ0v) is 6.96. The minimum atomic E-state index is -0.374. The van der Waals surface area contributed by atoms with Gasteiger partial charge < -0.3 is 15.2 Å². The van der Waals surface area contributed by atoms with Crippen LogP contribution in [0.1, 0.15) is 0 Å². The molecule has 70 valence electrons. The summed E-state index contributed by atoms with van der Waals surface area (Å²) < 4.78 is 18.2. The van der Waals surface area contributed by atoms with E-state index in [2.05, 4.69) is 5.32 Å². The summed E-state index contributed by atoms with van der Waals surface area (Å²) in [7, 11) is 0. The quantitative estimate of drug-likeness (QED) is 0.682. The largest absolute Gasteiger partial charge is 0.486 e. The molecule has 0 radical (unpaired) electrons. The number of nitrogens with one attached hydrogen (secondary N) is 1. The third-order valence-electron chi connectivity index (χ3n) is 1.98. The lowest BCUT2D eigenvalue weighted by molar-refractivity contribution is 0.202. The Kier molecular flexibility index (Phi) is 2.06. The van der Waals surface area contributed by atoms with E-state index in [-0.39, 0.29) is 24.2 Å². The number of hydrogen-bond donors (Lipinski definition) is 2. The number of para-hydroxylation sites is 1. The number of anilines is 1. The summed E-state index contributed by atoms with van der Waals surface area (Å²) in [6.45, 7) is 0.278. The summed E-state index contributed by atoms with van der Waals surface area (Å²) in [6.07, 6.45) is 0. The molecule has 3 nitrogen and oxygen atoms in total. The fraction of sp³-hybridized carbons (Fsp3) is 0.333. The SMILES string of the molecule is OCC1COc2c(F)cccc2N1. The van der Waals surface area contributed by atoms with Crippen LogP contribution in [-0.4, -0.2) is 24.4 Å². The van der Waals surface area contributed by atoms with E-state index in [0.717, 1.165) is 0 Å². The van der Waals surface area contributed by atoms with Crippen LogP contribution < -0.4 is 10.1 Å². The van der Waals surface area contributed by atoms with Gasteiger partial charge in [0.2, 0.25) is 0 Å². The highest BCUT2D eigenvalue weighted by molar-refractivity contribution is 5.58. The summed E-state index contributed by atoms with van der Waals surface area (Å²) in [5.74, 6) is -0.131. The van der Waals surface area contributed by atoms with Crippen LogP contribution in [0.25, 0.3) is 0 Å². The average molecular weight is 183 g/mol. The molecule has 13 heavy (non-hydrogen) atoms. The molecule has 0 aliphatic carbocycles. The van der Waals surface area contributed by atoms with Crippen molar-refractivity contribution in [2.75, 3.05) is 18.5 Å². The van der Waals surface area contributed by atoms with Crippen LogP contribution in [0.2, 0.25) is 0 Å². The van der Waals surface area contributed by atoms with Crippen molar-refractivity contribution in [1.29, 1.82) is 0 Å². The van der Waals surface area contributed by atoms with E-state index in [1.807, 2.05) is 0 Å². The second kappa shape index (κ2) is 3.22. The third kappa shape index (κ3) is 1.45. The Bertz CT molecular complexity index is 316. The van der Waals surface area contributed by atoms with E-state index in [4.69, 9.17) is 9.84 Å². The van der Waals surface area contributed by atoms with Gasteiger partial charge in [-0.2, -0.15) is 0 Å². The number of halogens is 1. The highest BCUT2D eigenvalue weighted by atomic mass is 19.1. The van der Waals surface area contributed by atoms with Crippen molar-refractivity contribution >= 4 is 5.69 Å². The summed E-state index contributed by atoms with van der Waals surface area (Å²) in [6, 6.07) is 4.53. The Morgan fingerprint density at radius 1 is 1.62 bits per heavy atom. The maximum Gasteiger partial charge on any atom is 0.178 e. The van der Waals surface area contributed by atoms with Crippen molar-refractivity contribution in [2.24, 2.45) is 0 Å². The number of benzene rings is 1. The van der Waals surface area contributed by atoms with Gasteiger partial charge in [0.25, 0.3) is 0 Å². The topological polar surface area (TPSA) is 41.5 Å². The van der Waals surface area contributed by atoms with E-state index in [1.165, 1.54) is 6.07 Å². The molecule has 1 heterocycles. The molecule has 1 aliphatic heterocycles. The molecular formula is C9H10FNO2. The standard InChI is InChI=1S/C9H10FNO2/c10-7-2-1-3-8-9(7)13-5-6(4-12)11-8/h1-3,6,11-12H,4-5H2. The van der Waals surface area contributed by atoms with Crippen molar-refractivity contribution in [1.82, 2.24) is 0 Å². The molecule has 1 aromatic carbocycles. The third-order valence-corrected chi connectivity index (χ3v) is 1.98. The van der Waals surface area contributed by atoms with Crippen LogP contribution in [0.15, 0.2) is 18.2 Å². The van der Waals surface area contributed by atoms with Crippen molar-refractivity contribution < 1.29 is 14.2 Å². The zero-order chi connectivity index (χ0) is 9.26. The Morgan fingerprint density at radius 3 is 3.23 bits per heavy atom. The van der Waals surface area contributed by atoms with Crippen LogP contribution in [0, 0.1) is 5.82 Å². The first-order valence-corrected chi connectivity index (χ1v) is 4.10. The maximum absolute atomic E-state index is 13.1. The first kappa shape index (κ1) is 8.31. The van der Waals surface area contributed by atoms with Crippen LogP contribution in [0.3, 0.4) is 0 Å². The number of aliphatic hydroxyl groups is 1. The van der Waals surface area contributed by atoms with Gasteiger partial charge in [0.15, 0.2) is 11.6 Å². The Morgan fingerprint density at radius 2 is 2.46 bits per heavy atom. The Hall–Kier alpha value is -1.29. The second-order valence-electron chi connectivity index (χ2n) is 2.95. The maximum atomic E-state index is 13.1. The lowest BCUT2D eigenvalue weighted by Gasteiger charge is -2.26. The zero-order valence-electron chi connectivity index (χ0n) is 6.96. The average Bonchev–Trinajstić information content (AvgIpc) is 2.18. The monoisotopic (exact) mass is 183 g/mol. The molecule has 1 unspecified atom stereocenters. The van der Waals surface area contributed by atoms with E-state index in [1.54, 1.807) is 12.1 Å². The lowest BCUT2D eigenvalue weighted by Crippen LogP contribution is -2.34. The molecule has 1 atom stereocenters. The molecule has 0 amide bonds. The van der Waals surface area contributed by atoms with Gasteiger partial charge in [-0.15, -0.1) is 0 Å². The number of fused-ring (bicyclic) bond motifs is 1. The van der Waals surface area contributed by atoms with Crippen molar-refractivity contribution in [2.45, 2.75) is 6.04 Å². The molecule has 4 heteroatoms. The smallest absolute Gasteiger partial charge is 0.178 e. The first-order valence-electron chi connectivity index (χ1n) is 4.10. The fourth-order valence-corrected chi connectivity index (χ4v) is 1.31. The number of rotatable bonds is 1. The lowest BCUT2D eigenvalue weighted by atomic mass is 10.2. The molecule has 0 aromatic heterocycles. The van der Waals surface area contributed by atoms with E-state index < -0.39 is 0 Å². The summed E-state index contributed by atoms with van der Waals surface area (Å²) in [5.41, 5.74) is 0.602. The van der Waals surface area contributed by atoms with Crippen LogP contribution >= 0.6 is 0 Å². The summed E-state index contributed by atoms with van der Waals surface area (Å²) >= 11 is 0. The highest BCUT2D eigenvalue weighted by Gasteiger charge is 2.20. The molecule has 0 saturated carbocycles. The van der Waals surface area contributed by atoms with E-state index >= 15 is 0 Å². The molecule has 2 N–H and O–H groups in total. The van der Waals surface area contributed by atoms with Gasteiger partial charge in [-0.3, -0.25) is 0 Å². The molecule has 0 spiro atoms. The number of aliphatic hydroxyl groups excluding tert-OH is 1. The van der Waals surface area contributed by atoms with Crippen LogP contribution in [0.5, 0.6) is 5.75 Å². The van der Waals surface area contributed by atoms with Crippen LogP contribution in [0.4, 0.5) is 10.1 Å². The van der Waals surface area contributed by atoms with Gasteiger partial charge in [-0.1, -0.05) is 6.07 Å². The van der Waals surface area contributed by atoms with Gasteiger partial charge in [0.1, 0.15) is 6.61 Å². The number of hydrogen-bond acceptors (Lipinski definition) is 3. The molecule has 1 aliphatic rings. The second-order valence-corrected chi connectivity index (χ2v) is 2.95. The van der Waals surface area contributed by atoms with Gasteiger partial charge in [0.05, 0.1) is 18.3 Å². The van der Waals surface area contributed by atoms with Gasteiger partial charge in [-0.25, -0.2) is 4.39 Å². The minimum Gasteiger partial charge on any atom is -0.486 e. The molecule has 0 saturated heterocycles. The molecule has 0 fully saturated rings. The highest BCUT2D eigenvalue weighted by Crippen LogP contribution is 2.31. The van der Waals surface area contributed by atoms with E-state index in [9.17, 15) is 4.39 Å². The van der Waals surface area contributed by atoms with Crippen molar-refractivity contribution in [3.63, 3.8) is 0 Å². The predicted octanol–water partition coefficient (Wildman–Crippen LogP) is 0.991. The fourth-order valence-electron chi connectivity index (χ4n) is 1.31.